The maximum atomic E-state index is 3.68. The fourth-order valence-electron chi connectivity index (χ4n) is 1.14. The maximum Gasteiger partial charge on any atom is 0.0519 e. The Morgan fingerprint density at radius 3 is 2.77 bits per heavy atom. The Morgan fingerprint density at radius 2 is 2.15 bits per heavy atom. The first kappa shape index (κ1) is 9.81. The largest absolute Gasteiger partial charge is 0.319 e. The van der Waals surface area contributed by atoms with Crippen molar-refractivity contribution in [3.8, 4) is 0 Å². The van der Waals surface area contributed by atoms with E-state index in [9.17, 15) is 0 Å². The molecule has 1 aromatic carbocycles. The van der Waals surface area contributed by atoms with Gasteiger partial charge < -0.3 is 5.43 Å². The van der Waals surface area contributed by atoms with Crippen molar-refractivity contribution in [3.05, 3.63) is 42.5 Å². The zero-order chi connectivity index (χ0) is 9.68. The highest BCUT2D eigenvalue weighted by molar-refractivity contribution is 5.49. The number of nitrogens with zero attached hydrogens (tertiary/aromatic N) is 1. The van der Waals surface area contributed by atoms with Gasteiger partial charge in [0.05, 0.1) is 5.69 Å². The number of hydrogen-bond acceptors (Lipinski definition) is 2. The minimum atomic E-state index is 0.828. The molecule has 1 aromatic rings. The van der Waals surface area contributed by atoms with Gasteiger partial charge >= 0.3 is 0 Å². The van der Waals surface area contributed by atoms with E-state index in [0.29, 0.717) is 0 Å². The van der Waals surface area contributed by atoms with Crippen molar-refractivity contribution in [1.29, 1.82) is 0 Å². The molecule has 0 atom stereocenters. The predicted octanol–water partition coefficient (Wildman–Crippen LogP) is 2.44. The molecule has 0 aliphatic rings. The summed E-state index contributed by atoms with van der Waals surface area (Å²) in [5.74, 6) is 0. The summed E-state index contributed by atoms with van der Waals surface area (Å²) in [6.45, 7) is 6.60. The van der Waals surface area contributed by atoms with Crippen molar-refractivity contribution >= 4 is 5.69 Å². The zero-order valence-electron chi connectivity index (χ0n) is 8.25. The Labute approximate surface area is 79.8 Å². The number of anilines is 1. The van der Waals surface area contributed by atoms with Gasteiger partial charge in [-0.15, -0.1) is 6.58 Å². The first-order chi connectivity index (χ1) is 6.24. The number of aryl methyl sites for hydroxylation is 1. The summed E-state index contributed by atoms with van der Waals surface area (Å²) in [5, 5.41) is 2.00. The lowest BCUT2D eigenvalue weighted by Gasteiger charge is -2.18. The van der Waals surface area contributed by atoms with Crippen LogP contribution < -0.4 is 5.43 Å². The van der Waals surface area contributed by atoms with E-state index in [1.807, 2.05) is 30.3 Å². The summed E-state index contributed by atoms with van der Waals surface area (Å²) in [6, 6.07) is 8.21. The van der Waals surface area contributed by atoms with Crippen molar-refractivity contribution in [1.82, 2.24) is 5.01 Å². The van der Waals surface area contributed by atoms with Crippen LogP contribution >= 0.6 is 0 Å². The molecule has 0 spiro atoms. The molecule has 0 saturated heterocycles. The maximum absolute atomic E-state index is 3.68. The zero-order valence-corrected chi connectivity index (χ0v) is 8.25. The first-order valence-corrected chi connectivity index (χ1v) is 4.38. The lowest BCUT2D eigenvalue weighted by molar-refractivity contribution is 0.448. The van der Waals surface area contributed by atoms with Gasteiger partial charge in [0.15, 0.2) is 0 Å². The summed E-state index contributed by atoms with van der Waals surface area (Å²) in [7, 11) is 1.99. The van der Waals surface area contributed by atoms with Crippen molar-refractivity contribution < 1.29 is 0 Å². The minimum Gasteiger partial charge on any atom is -0.319 e. The van der Waals surface area contributed by atoms with E-state index in [4.69, 9.17) is 0 Å². The third-order valence-corrected chi connectivity index (χ3v) is 1.86. The van der Waals surface area contributed by atoms with Gasteiger partial charge in [-0.2, -0.15) is 0 Å². The highest BCUT2D eigenvalue weighted by Gasteiger charge is 1.97. The fraction of sp³-hybridized carbons (Fsp3) is 0.273. The third kappa shape index (κ3) is 2.92. The summed E-state index contributed by atoms with van der Waals surface area (Å²) in [6.07, 6.45) is 1.87. The molecule has 70 valence electrons. The van der Waals surface area contributed by atoms with E-state index in [-0.39, 0.29) is 0 Å². The number of rotatable bonds is 4. The molecule has 2 heteroatoms. The molecule has 1 N–H and O–H groups in total. The molecule has 0 amide bonds. The van der Waals surface area contributed by atoms with Crippen LogP contribution in [0.4, 0.5) is 5.69 Å². The molecule has 0 bridgehead atoms. The van der Waals surface area contributed by atoms with Crippen LogP contribution in [0.1, 0.15) is 5.56 Å². The molecule has 13 heavy (non-hydrogen) atoms. The molecular formula is C11H16N2. The third-order valence-electron chi connectivity index (χ3n) is 1.86. The molecular weight excluding hydrogens is 160 g/mol. The SMILES string of the molecule is C=CCN(C)Nc1ccccc1C. The van der Waals surface area contributed by atoms with E-state index < -0.39 is 0 Å². The second kappa shape index (κ2) is 4.67. The van der Waals surface area contributed by atoms with Crippen LogP contribution in [-0.4, -0.2) is 18.6 Å². The smallest absolute Gasteiger partial charge is 0.0519 e. The van der Waals surface area contributed by atoms with Crippen LogP contribution in [0.5, 0.6) is 0 Å². The number of hydrazine groups is 1. The van der Waals surface area contributed by atoms with Crippen molar-refractivity contribution in [2.24, 2.45) is 0 Å². The Hall–Kier alpha value is -1.28. The number of hydrogen-bond donors (Lipinski definition) is 1. The minimum absolute atomic E-state index is 0.828. The Bertz CT molecular complexity index is 281. The molecule has 0 aliphatic carbocycles. The van der Waals surface area contributed by atoms with E-state index in [0.717, 1.165) is 12.2 Å². The Balaban J connectivity index is 2.63. The summed E-state index contributed by atoms with van der Waals surface area (Å²) >= 11 is 0. The van der Waals surface area contributed by atoms with Crippen LogP contribution in [0.15, 0.2) is 36.9 Å². The first-order valence-electron chi connectivity index (χ1n) is 4.38. The average Bonchev–Trinajstić information content (AvgIpc) is 2.09. The van der Waals surface area contributed by atoms with Gasteiger partial charge in [0.25, 0.3) is 0 Å². The Morgan fingerprint density at radius 1 is 1.46 bits per heavy atom. The average molecular weight is 176 g/mol. The number of para-hydroxylation sites is 1. The molecule has 0 aliphatic heterocycles. The summed E-state index contributed by atoms with van der Waals surface area (Å²) in [5.41, 5.74) is 5.67. The van der Waals surface area contributed by atoms with Gasteiger partial charge in [0, 0.05) is 13.6 Å². The monoisotopic (exact) mass is 176 g/mol. The fourth-order valence-corrected chi connectivity index (χ4v) is 1.14. The van der Waals surface area contributed by atoms with E-state index in [1.54, 1.807) is 0 Å². The highest BCUT2D eigenvalue weighted by atomic mass is 15.5. The summed E-state index contributed by atoms with van der Waals surface area (Å²) < 4.78 is 0. The van der Waals surface area contributed by atoms with Crippen LogP contribution in [0.3, 0.4) is 0 Å². The van der Waals surface area contributed by atoms with Gasteiger partial charge in [-0.3, -0.25) is 0 Å². The lowest BCUT2D eigenvalue weighted by atomic mass is 10.2. The second-order valence-corrected chi connectivity index (χ2v) is 3.10. The van der Waals surface area contributed by atoms with Gasteiger partial charge in [-0.05, 0) is 18.6 Å². The van der Waals surface area contributed by atoms with Crippen LogP contribution in [0.25, 0.3) is 0 Å². The van der Waals surface area contributed by atoms with E-state index in [2.05, 4.69) is 31.1 Å². The second-order valence-electron chi connectivity index (χ2n) is 3.10. The molecule has 1 rings (SSSR count). The predicted molar refractivity (Wildman–Crippen MR) is 57.6 cm³/mol. The van der Waals surface area contributed by atoms with E-state index in [1.165, 1.54) is 5.56 Å². The normalized spacial score (nSPS) is 10.1. The van der Waals surface area contributed by atoms with Gasteiger partial charge in [-0.25, -0.2) is 5.01 Å². The molecule has 0 unspecified atom stereocenters. The quantitative estimate of drug-likeness (QED) is 0.560. The van der Waals surface area contributed by atoms with Crippen LogP contribution in [0.2, 0.25) is 0 Å². The molecule has 0 radical (unpaired) electrons. The number of nitrogens with one attached hydrogen (secondary N) is 1. The molecule has 0 heterocycles. The number of likely N-dealkylation sites (N-methyl/N-ethyl adjacent to an activating group) is 1. The molecule has 0 saturated carbocycles. The van der Waals surface area contributed by atoms with Crippen molar-refractivity contribution in [2.75, 3.05) is 19.0 Å². The van der Waals surface area contributed by atoms with Crippen LogP contribution in [-0.2, 0) is 0 Å². The van der Waals surface area contributed by atoms with Crippen molar-refractivity contribution in [3.63, 3.8) is 0 Å². The molecule has 0 fully saturated rings. The van der Waals surface area contributed by atoms with E-state index >= 15 is 0 Å². The number of benzene rings is 1. The lowest BCUT2D eigenvalue weighted by Crippen LogP contribution is -2.25. The van der Waals surface area contributed by atoms with Gasteiger partial charge in [-0.1, -0.05) is 24.3 Å². The topological polar surface area (TPSA) is 15.3 Å². The Kier molecular flexibility index (Phi) is 3.53. The molecule has 0 aromatic heterocycles. The van der Waals surface area contributed by atoms with Crippen LogP contribution in [0, 0.1) is 6.92 Å². The molecule has 2 nitrogen and oxygen atoms in total. The highest BCUT2D eigenvalue weighted by Crippen LogP contribution is 2.13. The van der Waals surface area contributed by atoms with Gasteiger partial charge in [0.2, 0.25) is 0 Å². The van der Waals surface area contributed by atoms with Gasteiger partial charge in [0.1, 0.15) is 0 Å². The standard InChI is InChI=1S/C11H16N2/c1-4-9-13(3)12-11-8-6-5-7-10(11)2/h4-8,12H,1,9H2,2-3H3. The summed E-state index contributed by atoms with van der Waals surface area (Å²) in [4.78, 5) is 0. The van der Waals surface area contributed by atoms with Crippen molar-refractivity contribution in [2.45, 2.75) is 6.92 Å².